The molecule has 12 heavy (non-hydrogen) atoms. The molecule has 0 aliphatic heterocycles. The highest BCUT2D eigenvalue weighted by Gasteiger charge is 2.46. The van der Waals surface area contributed by atoms with E-state index in [9.17, 15) is 0 Å². The summed E-state index contributed by atoms with van der Waals surface area (Å²) in [6.07, 6.45) is 8.84. The van der Waals surface area contributed by atoms with E-state index >= 15 is 0 Å². The molecule has 4 aliphatic rings. The second-order valence-electron chi connectivity index (χ2n) is 5.24. The van der Waals surface area contributed by atoms with Crippen LogP contribution in [0, 0.1) is 23.7 Å². The molecule has 0 radical (unpaired) electrons. The van der Waals surface area contributed by atoms with Crippen molar-refractivity contribution < 1.29 is 0 Å². The molecule has 4 fully saturated rings. The Hall–Kier alpha value is -0.0400. The normalized spacial score (nSPS) is 57.2. The molecule has 0 aromatic rings. The monoisotopic (exact) mass is 165 g/mol. The van der Waals surface area contributed by atoms with E-state index in [4.69, 9.17) is 5.73 Å². The van der Waals surface area contributed by atoms with Gasteiger partial charge in [-0.3, -0.25) is 0 Å². The van der Waals surface area contributed by atoms with Gasteiger partial charge in [0.15, 0.2) is 0 Å². The summed E-state index contributed by atoms with van der Waals surface area (Å²) in [6.45, 7) is 0. The van der Waals surface area contributed by atoms with E-state index in [2.05, 4.69) is 0 Å². The molecular formula is C11H19N. The highest BCUT2D eigenvalue weighted by atomic mass is 14.7. The van der Waals surface area contributed by atoms with Gasteiger partial charge in [0.05, 0.1) is 0 Å². The van der Waals surface area contributed by atoms with Gasteiger partial charge in [-0.1, -0.05) is 12.8 Å². The minimum atomic E-state index is 0.569. The van der Waals surface area contributed by atoms with E-state index in [0.29, 0.717) is 6.04 Å². The van der Waals surface area contributed by atoms with Gasteiger partial charge in [0.25, 0.3) is 0 Å². The molecule has 1 nitrogen and oxygen atoms in total. The van der Waals surface area contributed by atoms with E-state index in [1.165, 1.54) is 38.5 Å². The molecular weight excluding hydrogens is 146 g/mol. The molecule has 0 aromatic heterocycles. The maximum Gasteiger partial charge on any atom is 0.00726 e. The lowest BCUT2D eigenvalue weighted by Gasteiger charge is -2.29. The summed E-state index contributed by atoms with van der Waals surface area (Å²) >= 11 is 0. The van der Waals surface area contributed by atoms with E-state index < -0.39 is 0 Å². The van der Waals surface area contributed by atoms with Crippen molar-refractivity contribution in [2.45, 2.75) is 44.6 Å². The Morgan fingerprint density at radius 1 is 0.833 bits per heavy atom. The molecule has 4 rings (SSSR count). The molecule has 0 amide bonds. The maximum absolute atomic E-state index is 6.17. The molecule has 0 saturated heterocycles. The van der Waals surface area contributed by atoms with E-state index in [0.717, 1.165) is 23.7 Å². The smallest absolute Gasteiger partial charge is 0.00726 e. The average Bonchev–Trinajstić information content (AvgIpc) is 2.25. The Balaban J connectivity index is 1.92. The van der Waals surface area contributed by atoms with Gasteiger partial charge in [0, 0.05) is 6.04 Å². The van der Waals surface area contributed by atoms with Crippen LogP contribution in [0.25, 0.3) is 0 Å². The minimum absolute atomic E-state index is 0.569. The van der Waals surface area contributed by atoms with Crippen molar-refractivity contribution >= 4 is 0 Å². The van der Waals surface area contributed by atoms with Gasteiger partial charge in [0.1, 0.15) is 0 Å². The number of nitrogens with two attached hydrogens (primary N) is 1. The summed E-state index contributed by atoms with van der Waals surface area (Å²) in [6, 6.07) is 0.569. The van der Waals surface area contributed by atoms with E-state index in [1.807, 2.05) is 0 Å². The van der Waals surface area contributed by atoms with Crippen LogP contribution in [0.2, 0.25) is 0 Å². The number of hydrogen-bond acceptors (Lipinski definition) is 1. The molecule has 4 aliphatic carbocycles. The van der Waals surface area contributed by atoms with Crippen molar-refractivity contribution in [2.24, 2.45) is 29.4 Å². The highest BCUT2D eigenvalue weighted by molar-refractivity contribution is 4.99. The molecule has 4 saturated carbocycles. The first-order valence-corrected chi connectivity index (χ1v) is 5.60. The first-order valence-electron chi connectivity index (χ1n) is 5.60. The molecule has 0 spiro atoms. The molecule has 0 heterocycles. The molecule has 1 heteroatoms. The largest absolute Gasteiger partial charge is 0.327 e. The van der Waals surface area contributed by atoms with E-state index in [1.54, 1.807) is 0 Å². The van der Waals surface area contributed by atoms with Crippen LogP contribution in [0.3, 0.4) is 0 Å². The van der Waals surface area contributed by atoms with Gasteiger partial charge in [0.2, 0.25) is 0 Å². The third-order valence-corrected chi connectivity index (χ3v) is 4.73. The predicted molar refractivity (Wildman–Crippen MR) is 49.6 cm³/mol. The first kappa shape index (κ1) is 7.37. The summed E-state index contributed by atoms with van der Waals surface area (Å²) in [5, 5.41) is 0. The second kappa shape index (κ2) is 2.47. The summed E-state index contributed by atoms with van der Waals surface area (Å²) in [7, 11) is 0. The fourth-order valence-electron chi connectivity index (χ4n) is 4.18. The van der Waals surface area contributed by atoms with Crippen LogP contribution >= 0.6 is 0 Å². The van der Waals surface area contributed by atoms with Gasteiger partial charge in [-0.15, -0.1) is 0 Å². The first-order chi connectivity index (χ1) is 5.84. The van der Waals surface area contributed by atoms with Crippen LogP contribution in [0.1, 0.15) is 38.5 Å². The number of rotatable bonds is 0. The van der Waals surface area contributed by atoms with Crippen molar-refractivity contribution in [2.75, 3.05) is 0 Å². The summed E-state index contributed by atoms with van der Waals surface area (Å²) in [5.74, 6) is 4.08. The summed E-state index contributed by atoms with van der Waals surface area (Å²) < 4.78 is 0. The van der Waals surface area contributed by atoms with Crippen LogP contribution in [-0.2, 0) is 0 Å². The third kappa shape index (κ3) is 0.891. The zero-order valence-electron chi connectivity index (χ0n) is 7.71. The topological polar surface area (TPSA) is 26.0 Å². The molecule has 2 N–H and O–H groups in total. The van der Waals surface area contributed by atoms with Crippen molar-refractivity contribution in [3.8, 4) is 0 Å². The zero-order chi connectivity index (χ0) is 8.13. The average molecular weight is 165 g/mol. The van der Waals surface area contributed by atoms with Crippen LogP contribution < -0.4 is 5.73 Å². The molecule has 5 unspecified atom stereocenters. The SMILES string of the molecule is NC1CC2CC3CCC1C2CC3. The summed E-state index contributed by atoms with van der Waals surface area (Å²) in [4.78, 5) is 0. The van der Waals surface area contributed by atoms with Gasteiger partial charge < -0.3 is 5.73 Å². The second-order valence-corrected chi connectivity index (χ2v) is 5.24. The Morgan fingerprint density at radius 3 is 2.42 bits per heavy atom. The lowest BCUT2D eigenvalue weighted by Crippen LogP contribution is -2.26. The quantitative estimate of drug-likeness (QED) is 0.585. The molecule has 68 valence electrons. The van der Waals surface area contributed by atoms with Crippen LogP contribution in [0.5, 0.6) is 0 Å². The maximum atomic E-state index is 6.17. The minimum Gasteiger partial charge on any atom is -0.327 e. The lowest BCUT2D eigenvalue weighted by molar-refractivity contribution is 0.216. The van der Waals surface area contributed by atoms with Gasteiger partial charge in [-0.05, 0) is 49.4 Å². The Morgan fingerprint density at radius 2 is 1.58 bits per heavy atom. The standard InChI is InChI=1S/C11H19N/c12-11-6-8-5-7-1-3-9(8)10(11)4-2-7/h7-11H,1-6,12H2. The number of hydrogen-bond donors (Lipinski definition) is 1. The molecule has 0 aromatic carbocycles. The lowest BCUT2D eigenvalue weighted by atomic mass is 9.77. The van der Waals surface area contributed by atoms with Crippen LogP contribution in [0.15, 0.2) is 0 Å². The van der Waals surface area contributed by atoms with Crippen molar-refractivity contribution in [3.63, 3.8) is 0 Å². The molecule has 4 bridgehead atoms. The van der Waals surface area contributed by atoms with E-state index in [-0.39, 0.29) is 0 Å². The van der Waals surface area contributed by atoms with Crippen LogP contribution in [0.4, 0.5) is 0 Å². The van der Waals surface area contributed by atoms with Crippen LogP contribution in [-0.4, -0.2) is 6.04 Å². The van der Waals surface area contributed by atoms with Crippen molar-refractivity contribution in [3.05, 3.63) is 0 Å². The van der Waals surface area contributed by atoms with Crippen molar-refractivity contribution in [1.29, 1.82) is 0 Å². The van der Waals surface area contributed by atoms with Crippen molar-refractivity contribution in [1.82, 2.24) is 0 Å². The Labute approximate surface area is 74.7 Å². The van der Waals surface area contributed by atoms with Gasteiger partial charge in [-0.2, -0.15) is 0 Å². The fraction of sp³-hybridized carbons (Fsp3) is 1.00. The fourth-order valence-corrected chi connectivity index (χ4v) is 4.18. The Bertz CT molecular complexity index is 189. The molecule has 5 atom stereocenters. The Kier molecular flexibility index (Phi) is 1.52. The summed E-state index contributed by atoms with van der Waals surface area (Å²) in [5.41, 5.74) is 6.17. The predicted octanol–water partition coefficient (Wildman–Crippen LogP) is 2.16. The van der Waals surface area contributed by atoms with Gasteiger partial charge >= 0.3 is 0 Å². The third-order valence-electron chi connectivity index (χ3n) is 4.73. The van der Waals surface area contributed by atoms with Gasteiger partial charge in [-0.25, -0.2) is 0 Å². The highest BCUT2D eigenvalue weighted by Crippen LogP contribution is 2.53. The zero-order valence-corrected chi connectivity index (χ0v) is 7.71. The number of fused-ring (bicyclic) bond motifs is 2.